The first-order valence-corrected chi connectivity index (χ1v) is 10.4. The summed E-state index contributed by atoms with van der Waals surface area (Å²) in [6, 6.07) is 9.53. The summed E-state index contributed by atoms with van der Waals surface area (Å²) in [6.45, 7) is 6.04. The Hall–Kier alpha value is -2.45. The zero-order valence-corrected chi connectivity index (χ0v) is 18.2. The van der Waals surface area contributed by atoms with Crippen molar-refractivity contribution in [3.63, 3.8) is 0 Å². The van der Waals surface area contributed by atoms with Gasteiger partial charge in [0, 0.05) is 33.3 Å². The van der Waals surface area contributed by atoms with Gasteiger partial charge in [-0.25, -0.2) is 4.98 Å². The van der Waals surface area contributed by atoms with Crippen molar-refractivity contribution in [1.29, 1.82) is 0 Å². The number of nitrogens with zero attached hydrogens (tertiary/aromatic N) is 2. The van der Waals surface area contributed by atoms with Crippen LogP contribution in [0.25, 0.3) is 11.3 Å². The Morgan fingerprint density at radius 1 is 1.25 bits per heavy atom. The van der Waals surface area contributed by atoms with Crippen LogP contribution in [-0.4, -0.2) is 27.9 Å². The molecule has 2 amide bonds. The van der Waals surface area contributed by atoms with E-state index in [1.54, 1.807) is 12.3 Å². The highest BCUT2D eigenvalue weighted by atomic mass is 79.9. The number of rotatable bonds is 5. The van der Waals surface area contributed by atoms with E-state index in [4.69, 9.17) is 0 Å². The van der Waals surface area contributed by atoms with E-state index in [0.29, 0.717) is 10.7 Å². The van der Waals surface area contributed by atoms with Gasteiger partial charge in [0.1, 0.15) is 0 Å². The van der Waals surface area contributed by atoms with Gasteiger partial charge in [0.05, 0.1) is 17.8 Å². The van der Waals surface area contributed by atoms with Gasteiger partial charge >= 0.3 is 0 Å². The number of halogens is 1. The Kier molecular flexibility index (Phi) is 6.00. The van der Waals surface area contributed by atoms with Crippen molar-refractivity contribution in [2.45, 2.75) is 26.3 Å². The van der Waals surface area contributed by atoms with Gasteiger partial charge in [0.25, 0.3) is 5.91 Å². The van der Waals surface area contributed by atoms with Gasteiger partial charge in [-0.05, 0) is 39.0 Å². The second kappa shape index (κ2) is 8.28. The number of aromatic nitrogens is 2. The van der Waals surface area contributed by atoms with E-state index in [0.717, 1.165) is 15.7 Å². The molecule has 6 nitrogen and oxygen atoms in total. The minimum absolute atomic E-state index is 0.104. The molecule has 2 heterocycles. The van der Waals surface area contributed by atoms with Gasteiger partial charge in [-0.1, -0.05) is 28.1 Å². The van der Waals surface area contributed by atoms with Crippen LogP contribution in [0.5, 0.6) is 0 Å². The van der Waals surface area contributed by atoms with E-state index < -0.39 is 0 Å². The lowest BCUT2D eigenvalue weighted by Gasteiger charge is -2.20. The maximum absolute atomic E-state index is 12.2. The third kappa shape index (κ3) is 5.08. The van der Waals surface area contributed by atoms with E-state index in [-0.39, 0.29) is 23.9 Å². The first-order valence-electron chi connectivity index (χ1n) is 8.70. The van der Waals surface area contributed by atoms with Crippen LogP contribution in [0.1, 0.15) is 31.1 Å². The number of hydrogen-bond donors (Lipinski definition) is 2. The number of anilines is 1. The highest BCUT2D eigenvalue weighted by Crippen LogP contribution is 2.26. The Labute approximate surface area is 176 Å². The van der Waals surface area contributed by atoms with Crippen LogP contribution < -0.4 is 10.6 Å². The molecule has 0 aliphatic heterocycles. The summed E-state index contributed by atoms with van der Waals surface area (Å²) >= 11 is 4.78. The zero-order chi connectivity index (χ0) is 20.3. The molecular weight excluding hydrogens is 440 g/mol. The van der Waals surface area contributed by atoms with Crippen LogP contribution in [-0.2, 0) is 10.3 Å². The van der Waals surface area contributed by atoms with Crippen LogP contribution in [0.3, 0.4) is 0 Å². The summed E-state index contributed by atoms with van der Waals surface area (Å²) < 4.78 is 2.92. The SMILES string of the molecule is CC(C)(C)n1ccc(C(=O)NCC(=O)Nc2nc(-c3cccc(Br)c3)cs2)c1. The van der Waals surface area contributed by atoms with E-state index in [1.807, 2.05) is 40.4 Å². The maximum atomic E-state index is 12.2. The summed E-state index contributed by atoms with van der Waals surface area (Å²) in [7, 11) is 0. The van der Waals surface area contributed by atoms with E-state index in [2.05, 4.69) is 52.3 Å². The van der Waals surface area contributed by atoms with Gasteiger partial charge in [-0.3, -0.25) is 9.59 Å². The normalized spacial score (nSPS) is 11.3. The van der Waals surface area contributed by atoms with Crippen molar-refractivity contribution >= 4 is 44.2 Å². The van der Waals surface area contributed by atoms with E-state index >= 15 is 0 Å². The third-order valence-corrected chi connectivity index (χ3v) is 5.26. The number of nitrogens with one attached hydrogen (secondary N) is 2. The highest BCUT2D eigenvalue weighted by molar-refractivity contribution is 9.10. The van der Waals surface area contributed by atoms with Crippen molar-refractivity contribution in [3.05, 3.63) is 58.1 Å². The van der Waals surface area contributed by atoms with Gasteiger partial charge < -0.3 is 15.2 Å². The summed E-state index contributed by atoms with van der Waals surface area (Å²) in [5.74, 6) is -0.606. The molecule has 0 radical (unpaired) electrons. The lowest BCUT2D eigenvalue weighted by Crippen LogP contribution is -2.32. The Morgan fingerprint density at radius 3 is 2.71 bits per heavy atom. The third-order valence-electron chi connectivity index (χ3n) is 4.01. The van der Waals surface area contributed by atoms with Crippen LogP contribution in [0.2, 0.25) is 0 Å². The molecule has 2 N–H and O–H groups in total. The fourth-order valence-corrected chi connectivity index (χ4v) is 3.62. The lowest BCUT2D eigenvalue weighted by molar-refractivity contribution is -0.115. The van der Waals surface area contributed by atoms with Gasteiger partial charge in [0.15, 0.2) is 5.13 Å². The lowest BCUT2D eigenvalue weighted by atomic mass is 10.1. The van der Waals surface area contributed by atoms with Gasteiger partial charge in [-0.2, -0.15) is 0 Å². The Morgan fingerprint density at radius 2 is 2.04 bits per heavy atom. The van der Waals surface area contributed by atoms with Crippen molar-refractivity contribution in [2.24, 2.45) is 0 Å². The first-order chi connectivity index (χ1) is 13.2. The molecule has 0 aliphatic carbocycles. The zero-order valence-electron chi connectivity index (χ0n) is 15.8. The molecule has 3 aromatic rings. The topological polar surface area (TPSA) is 76.0 Å². The monoisotopic (exact) mass is 460 g/mol. The molecule has 0 saturated carbocycles. The molecule has 3 rings (SSSR count). The molecule has 0 fully saturated rings. The molecule has 28 heavy (non-hydrogen) atoms. The standard InChI is InChI=1S/C20H21BrN4O2S/c1-20(2,3)25-8-7-14(11-25)18(27)22-10-17(26)24-19-23-16(12-28-19)13-5-4-6-15(21)9-13/h4-9,11-12H,10H2,1-3H3,(H,22,27)(H,23,24,26). The first kappa shape index (κ1) is 20.3. The molecule has 0 saturated heterocycles. The second-order valence-corrected chi connectivity index (χ2v) is 9.03. The Bertz CT molecular complexity index is 1000. The second-order valence-electron chi connectivity index (χ2n) is 7.26. The average molecular weight is 461 g/mol. The number of amides is 2. The van der Waals surface area contributed by atoms with E-state index in [9.17, 15) is 9.59 Å². The maximum Gasteiger partial charge on any atom is 0.253 e. The van der Waals surface area contributed by atoms with Gasteiger partial charge in [0.2, 0.25) is 5.91 Å². The summed E-state index contributed by atoms with van der Waals surface area (Å²) in [4.78, 5) is 28.8. The number of benzene rings is 1. The van der Waals surface area contributed by atoms with Crippen molar-refractivity contribution in [2.75, 3.05) is 11.9 Å². The molecule has 0 aliphatic rings. The van der Waals surface area contributed by atoms with E-state index in [1.165, 1.54) is 11.3 Å². The number of carbonyl (C=O) groups excluding carboxylic acids is 2. The molecule has 0 spiro atoms. The predicted molar refractivity (Wildman–Crippen MR) is 116 cm³/mol. The highest BCUT2D eigenvalue weighted by Gasteiger charge is 2.16. The molecule has 146 valence electrons. The smallest absolute Gasteiger partial charge is 0.253 e. The van der Waals surface area contributed by atoms with Crippen molar-refractivity contribution in [3.8, 4) is 11.3 Å². The number of hydrogen-bond acceptors (Lipinski definition) is 4. The van der Waals surface area contributed by atoms with Gasteiger partial charge in [-0.15, -0.1) is 11.3 Å². The largest absolute Gasteiger partial charge is 0.348 e. The quantitative estimate of drug-likeness (QED) is 0.588. The molecule has 0 bridgehead atoms. The van der Waals surface area contributed by atoms with Crippen LogP contribution in [0.15, 0.2) is 52.6 Å². The molecule has 0 unspecified atom stereocenters. The minimum atomic E-state index is -0.321. The predicted octanol–water partition coefficient (Wildman–Crippen LogP) is 4.50. The molecular formula is C20H21BrN4O2S. The number of thiazole rings is 1. The fraction of sp³-hybridized carbons (Fsp3) is 0.250. The number of carbonyl (C=O) groups is 2. The molecule has 8 heteroatoms. The van der Waals surface area contributed by atoms with Crippen LogP contribution in [0.4, 0.5) is 5.13 Å². The van der Waals surface area contributed by atoms with Crippen LogP contribution >= 0.6 is 27.3 Å². The molecule has 1 aromatic carbocycles. The average Bonchev–Trinajstić information content (AvgIpc) is 3.29. The summed E-state index contributed by atoms with van der Waals surface area (Å²) in [6.07, 6.45) is 3.63. The molecule has 2 aromatic heterocycles. The minimum Gasteiger partial charge on any atom is -0.348 e. The van der Waals surface area contributed by atoms with Crippen LogP contribution in [0, 0.1) is 0 Å². The summed E-state index contributed by atoms with van der Waals surface area (Å²) in [5, 5.41) is 7.73. The summed E-state index contributed by atoms with van der Waals surface area (Å²) in [5.41, 5.74) is 2.16. The fourth-order valence-electron chi connectivity index (χ4n) is 2.49. The van der Waals surface area contributed by atoms with Crippen molar-refractivity contribution in [1.82, 2.24) is 14.9 Å². The Balaban J connectivity index is 1.55. The molecule has 0 atom stereocenters. The van der Waals surface area contributed by atoms with Crippen molar-refractivity contribution < 1.29 is 9.59 Å².